The number of aromatic nitrogens is 3. The van der Waals surface area contributed by atoms with Gasteiger partial charge in [-0.15, -0.1) is 0 Å². The van der Waals surface area contributed by atoms with Crippen molar-refractivity contribution in [1.82, 2.24) is 20.1 Å². The third-order valence-corrected chi connectivity index (χ3v) is 5.01. The molecule has 4 aromatic rings. The van der Waals surface area contributed by atoms with Crippen molar-refractivity contribution in [2.75, 3.05) is 13.2 Å². The zero-order valence-electron chi connectivity index (χ0n) is 18.0. The maximum absolute atomic E-state index is 14.7. The minimum absolute atomic E-state index is 0.0224. The normalized spacial score (nSPS) is 10.9. The van der Waals surface area contributed by atoms with Crippen LogP contribution in [0.15, 0.2) is 73.1 Å². The van der Waals surface area contributed by atoms with Crippen LogP contribution in [0.5, 0.6) is 0 Å². The molecule has 2 aromatic heterocycles. The molecule has 0 fully saturated rings. The van der Waals surface area contributed by atoms with E-state index in [9.17, 15) is 13.6 Å². The van der Waals surface area contributed by atoms with Crippen LogP contribution in [0, 0.1) is 11.6 Å². The van der Waals surface area contributed by atoms with Crippen molar-refractivity contribution in [3.63, 3.8) is 0 Å². The molecule has 0 atom stereocenters. The SMILES string of the molecule is CCOC(=O)CNCc1cnn(-c2ccc(-c3ccccc3F)nc2)c1-c1ccccc1F. The summed E-state index contributed by atoms with van der Waals surface area (Å²) in [6.07, 6.45) is 3.18. The van der Waals surface area contributed by atoms with E-state index in [1.54, 1.807) is 72.5 Å². The van der Waals surface area contributed by atoms with Gasteiger partial charge in [-0.3, -0.25) is 9.78 Å². The fourth-order valence-corrected chi connectivity index (χ4v) is 3.50. The van der Waals surface area contributed by atoms with Crippen LogP contribution in [-0.2, 0) is 16.1 Å². The molecular formula is C25H22F2N4O2. The first-order valence-electron chi connectivity index (χ1n) is 10.5. The summed E-state index contributed by atoms with van der Waals surface area (Å²) in [5.74, 6) is -1.13. The van der Waals surface area contributed by atoms with Gasteiger partial charge in [-0.1, -0.05) is 24.3 Å². The van der Waals surface area contributed by atoms with E-state index >= 15 is 0 Å². The number of carbonyl (C=O) groups is 1. The smallest absolute Gasteiger partial charge is 0.319 e. The Kier molecular flexibility index (Phi) is 6.85. The first-order chi connectivity index (χ1) is 16.1. The lowest BCUT2D eigenvalue weighted by molar-refractivity contribution is -0.142. The number of nitrogens with one attached hydrogen (secondary N) is 1. The van der Waals surface area contributed by atoms with Gasteiger partial charge in [0.15, 0.2) is 0 Å². The standard InChI is InChI=1S/C25H22F2N4O2/c1-2-33-24(32)16-28-13-17-14-30-31(25(17)20-8-4-6-10-22(20)27)18-11-12-23(29-15-18)19-7-3-5-9-21(19)26/h3-12,14-15,28H,2,13,16H2,1H3. The molecule has 0 radical (unpaired) electrons. The fraction of sp³-hybridized carbons (Fsp3) is 0.160. The van der Waals surface area contributed by atoms with E-state index in [1.165, 1.54) is 12.1 Å². The van der Waals surface area contributed by atoms with Gasteiger partial charge in [0.25, 0.3) is 0 Å². The Hall–Kier alpha value is -3.91. The number of ether oxygens (including phenoxy) is 1. The molecule has 0 bridgehead atoms. The van der Waals surface area contributed by atoms with Gasteiger partial charge < -0.3 is 10.1 Å². The Labute approximate surface area is 189 Å². The Bertz CT molecular complexity index is 1260. The first kappa shape index (κ1) is 22.3. The third kappa shape index (κ3) is 4.96. The monoisotopic (exact) mass is 448 g/mol. The molecule has 168 valence electrons. The number of nitrogens with zero attached hydrogens (tertiary/aromatic N) is 3. The molecule has 0 aliphatic rings. The lowest BCUT2D eigenvalue weighted by Crippen LogP contribution is -2.24. The Morgan fingerprint density at radius 3 is 2.30 bits per heavy atom. The summed E-state index contributed by atoms with van der Waals surface area (Å²) in [5, 5.41) is 7.45. The summed E-state index contributed by atoms with van der Waals surface area (Å²) in [7, 11) is 0. The van der Waals surface area contributed by atoms with E-state index in [2.05, 4.69) is 15.4 Å². The molecule has 33 heavy (non-hydrogen) atoms. The van der Waals surface area contributed by atoms with Crippen LogP contribution in [0.3, 0.4) is 0 Å². The van der Waals surface area contributed by atoms with Crippen molar-refractivity contribution in [2.45, 2.75) is 13.5 Å². The lowest BCUT2D eigenvalue weighted by atomic mass is 10.1. The first-order valence-corrected chi connectivity index (χ1v) is 10.5. The van der Waals surface area contributed by atoms with Crippen LogP contribution in [0.1, 0.15) is 12.5 Å². The number of pyridine rings is 1. The summed E-state index contributed by atoms with van der Waals surface area (Å²) < 4.78 is 35.3. The van der Waals surface area contributed by atoms with Crippen LogP contribution in [0.25, 0.3) is 28.2 Å². The lowest BCUT2D eigenvalue weighted by Gasteiger charge is -2.12. The van der Waals surface area contributed by atoms with Crippen molar-refractivity contribution in [1.29, 1.82) is 0 Å². The van der Waals surface area contributed by atoms with Gasteiger partial charge in [0.05, 0.1) is 42.6 Å². The molecule has 4 rings (SSSR count). The van der Waals surface area contributed by atoms with Crippen molar-refractivity contribution in [3.8, 4) is 28.2 Å². The molecular weight excluding hydrogens is 426 g/mol. The molecule has 0 saturated heterocycles. The van der Waals surface area contributed by atoms with E-state index < -0.39 is 5.82 Å². The molecule has 0 aliphatic carbocycles. The van der Waals surface area contributed by atoms with Gasteiger partial charge in [-0.25, -0.2) is 13.5 Å². The Balaban J connectivity index is 1.68. The fourth-order valence-electron chi connectivity index (χ4n) is 3.50. The number of halogens is 2. The summed E-state index contributed by atoms with van der Waals surface area (Å²) in [6.45, 7) is 2.34. The van der Waals surface area contributed by atoms with Crippen molar-refractivity contribution >= 4 is 5.97 Å². The van der Waals surface area contributed by atoms with Gasteiger partial charge in [0.2, 0.25) is 0 Å². The van der Waals surface area contributed by atoms with E-state index in [0.29, 0.717) is 40.4 Å². The number of rotatable bonds is 8. The van der Waals surface area contributed by atoms with Crippen molar-refractivity contribution < 1.29 is 18.3 Å². The quantitative estimate of drug-likeness (QED) is 0.401. The average Bonchev–Trinajstić information content (AvgIpc) is 3.23. The average molecular weight is 448 g/mol. The van der Waals surface area contributed by atoms with Gasteiger partial charge >= 0.3 is 5.97 Å². The highest BCUT2D eigenvalue weighted by molar-refractivity contribution is 5.72. The van der Waals surface area contributed by atoms with Crippen LogP contribution >= 0.6 is 0 Å². The number of esters is 1. The van der Waals surface area contributed by atoms with Crippen LogP contribution in [0.2, 0.25) is 0 Å². The topological polar surface area (TPSA) is 69.0 Å². The van der Waals surface area contributed by atoms with Gasteiger partial charge in [-0.05, 0) is 43.3 Å². The summed E-state index contributed by atoms with van der Waals surface area (Å²) in [4.78, 5) is 16.0. The highest BCUT2D eigenvalue weighted by Gasteiger charge is 2.18. The number of hydrogen-bond donors (Lipinski definition) is 1. The van der Waals surface area contributed by atoms with E-state index in [1.807, 2.05) is 0 Å². The molecule has 6 nitrogen and oxygen atoms in total. The van der Waals surface area contributed by atoms with Gasteiger partial charge in [0.1, 0.15) is 11.6 Å². The molecule has 1 N–H and O–H groups in total. The maximum atomic E-state index is 14.7. The van der Waals surface area contributed by atoms with Crippen LogP contribution in [-0.4, -0.2) is 33.9 Å². The molecule has 2 heterocycles. The molecule has 0 aliphatic heterocycles. The second-order valence-electron chi connectivity index (χ2n) is 7.20. The number of benzene rings is 2. The van der Waals surface area contributed by atoms with Crippen molar-refractivity contribution in [3.05, 3.63) is 90.3 Å². The highest BCUT2D eigenvalue weighted by atomic mass is 19.1. The summed E-state index contributed by atoms with van der Waals surface area (Å²) in [6, 6.07) is 16.2. The molecule has 0 spiro atoms. The molecule has 0 unspecified atom stereocenters. The van der Waals surface area contributed by atoms with E-state index in [4.69, 9.17) is 4.74 Å². The maximum Gasteiger partial charge on any atom is 0.319 e. The predicted molar refractivity (Wildman–Crippen MR) is 120 cm³/mol. The molecule has 0 amide bonds. The Morgan fingerprint density at radius 1 is 0.970 bits per heavy atom. The van der Waals surface area contributed by atoms with Crippen LogP contribution in [0.4, 0.5) is 8.78 Å². The number of hydrogen-bond acceptors (Lipinski definition) is 5. The van der Waals surface area contributed by atoms with Crippen molar-refractivity contribution in [2.24, 2.45) is 0 Å². The van der Waals surface area contributed by atoms with E-state index in [-0.39, 0.29) is 24.9 Å². The molecule has 2 aromatic carbocycles. The largest absolute Gasteiger partial charge is 0.465 e. The summed E-state index contributed by atoms with van der Waals surface area (Å²) >= 11 is 0. The number of carbonyl (C=O) groups excluding carboxylic acids is 1. The molecule has 8 heteroatoms. The second-order valence-corrected chi connectivity index (χ2v) is 7.20. The molecule has 0 saturated carbocycles. The van der Waals surface area contributed by atoms with Gasteiger partial charge in [0, 0.05) is 23.2 Å². The zero-order chi connectivity index (χ0) is 23.2. The minimum atomic E-state index is -0.401. The summed E-state index contributed by atoms with van der Waals surface area (Å²) in [5.41, 5.74) is 3.05. The highest BCUT2D eigenvalue weighted by Crippen LogP contribution is 2.29. The van der Waals surface area contributed by atoms with Crippen LogP contribution < -0.4 is 5.32 Å². The third-order valence-electron chi connectivity index (χ3n) is 5.01. The zero-order valence-corrected chi connectivity index (χ0v) is 18.0. The Morgan fingerprint density at radius 2 is 1.67 bits per heavy atom. The minimum Gasteiger partial charge on any atom is -0.465 e. The second kappa shape index (κ2) is 10.1. The van der Waals surface area contributed by atoms with E-state index in [0.717, 1.165) is 0 Å². The van der Waals surface area contributed by atoms with Gasteiger partial charge in [-0.2, -0.15) is 5.10 Å². The predicted octanol–water partition coefficient (Wildman–Crippen LogP) is 4.53.